The number of ether oxygens (including phenoxy) is 1. The van der Waals surface area contributed by atoms with Crippen LogP contribution in [0.15, 0.2) is 18.5 Å². The topological polar surface area (TPSA) is 39.9 Å². The molecule has 1 aliphatic heterocycles. The van der Waals surface area contributed by atoms with Crippen LogP contribution in [0.3, 0.4) is 0 Å². The second-order valence-corrected chi connectivity index (χ2v) is 5.70. The van der Waals surface area contributed by atoms with Gasteiger partial charge in [-0.15, -0.1) is 11.6 Å². The molecule has 1 fully saturated rings. The Kier molecular flexibility index (Phi) is 3.46. The zero-order valence-electron chi connectivity index (χ0n) is 11.1. The summed E-state index contributed by atoms with van der Waals surface area (Å²) in [5.41, 5.74) is 2.04. The van der Waals surface area contributed by atoms with Gasteiger partial charge in [0.25, 0.3) is 0 Å². The second kappa shape index (κ2) is 5.10. The summed E-state index contributed by atoms with van der Waals surface area (Å²) in [6, 6.07) is 2.03. The number of aryl methyl sites for hydroxylation is 1. The van der Waals surface area contributed by atoms with Crippen molar-refractivity contribution in [3.63, 3.8) is 0 Å². The third-order valence-corrected chi connectivity index (χ3v) is 3.99. The fourth-order valence-corrected chi connectivity index (χ4v) is 3.10. The van der Waals surface area contributed by atoms with E-state index >= 15 is 0 Å². The molecule has 1 aliphatic rings. The van der Waals surface area contributed by atoms with Gasteiger partial charge in [-0.25, -0.2) is 4.98 Å². The lowest BCUT2D eigenvalue weighted by Gasteiger charge is -2.36. The number of fused-ring (bicyclic) bond motifs is 1. The van der Waals surface area contributed by atoms with Gasteiger partial charge in [-0.05, 0) is 25.8 Å². The van der Waals surface area contributed by atoms with E-state index in [4.69, 9.17) is 16.3 Å². The Morgan fingerprint density at radius 3 is 3.16 bits per heavy atom. The van der Waals surface area contributed by atoms with Crippen LogP contribution in [0, 0.1) is 0 Å². The number of pyridine rings is 1. The lowest BCUT2D eigenvalue weighted by Crippen LogP contribution is -2.40. The van der Waals surface area contributed by atoms with Crippen LogP contribution in [0.5, 0.6) is 0 Å². The third-order valence-electron chi connectivity index (χ3n) is 3.80. The molecule has 0 radical (unpaired) electrons. The van der Waals surface area contributed by atoms with E-state index in [9.17, 15) is 0 Å². The lowest BCUT2D eigenvalue weighted by atomic mass is 9.94. The minimum absolute atomic E-state index is 0.0320. The molecule has 1 atom stereocenters. The third kappa shape index (κ3) is 2.23. The van der Waals surface area contributed by atoms with Gasteiger partial charge in [-0.2, -0.15) is 0 Å². The molecule has 3 heterocycles. The normalized spacial score (nSPS) is 23.9. The van der Waals surface area contributed by atoms with E-state index < -0.39 is 0 Å². The molecular weight excluding hydrogens is 262 g/mol. The van der Waals surface area contributed by atoms with Crippen LogP contribution in [0.4, 0.5) is 0 Å². The smallest absolute Gasteiger partial charge is 0.111 e. The zero-order chi connectivity index (χ0) is 13.3. The Labute approximate surface area is 117 Å². The summed E-state index contributed by atoms with van der Waals surface area (Å²) >= 11 is 5.92. The first-order valence-electron chi connectivity index (χ1n) is 6.70. The van der Waals surface area contributed by atoms with Crippen molar-refractivity contribution in [3.8, 4) is 0 Å². The highest BCUT2D eigenvalue weighted by molar-refractivity contribution is 6.17. The molecule has 19 heavy (non-hydrogen) atoms. The van der Waals surface area contributed by atoms with E-state index in [1.165, 1.54) is 0 Å². The first kappa shape index (κ1) is 12.9. The monoisotopic (exact) mass is 279 g/mol. The summed E-state index contributed by atoms with van der Waals surface area (Å²) in [7, 11) is 0. The largest absolute Gasteiger partial charge is 0.379 e. The summed E-state index contributed by atoms with van der Waals surface area (Å²) in [6.45, 7) is 3.83. The number of aromatic nitrogens is 3. The minimum Gasteiger partial charge on any atom is -0.379 e. The fourth-order valence-electron chi connectivity index (χ4n) is 2.93. The number of imidazole rings is 1. The molecule has 0 saturated carbocycles. The average molecular weight is 280 g/mol. The molecule has 1 unspecified atom stereocenters. The predicted molar refractivity (Wildman–Crippen MR) is 75.7 cm³/mol. The van der Waals surface area contributed by atoms with Crippen molar-refractivity contribution in [2.45, 2.75) is 31.7 Å². The Morgan fingerprint density at radius 1 is 1.53 bits per heavy atom. The highest BCUT2D eigenvalue weighted by Crippen LogP contribution is 2.32. The van der Waals surface area contributed by atoms with E-state index in [0.717, 1.165) is 49.3 Å². The molecule has 1 saturated heterocycles. The summed E-state index contributed by atoms with van der Waals surface area (Å²) in [4.78, 5) is 8.84. The molecule has 0 N–H and O–H groups in total. The van der Waals surface area contributed by atoms with Gasteiger partial charge in [0.2, 0.25) is 0 Å². The van der Waals surface area contributed by atoms with Crippen molar-refractivity contribution >= 4 is 22.6 Å². The molecule has 102 valence electrons. The molecule has 0 bridgehead atoms. The molecule has 2 aromatic rings. The van der Waals surface area contributed by atoms with E-state index in [1.807, 2.05) is 18.5 Å². The van der Waals surface area contributed by atoms with Crippen LogP contribution in [-0.2, 0) is 16.7 Å². The Hall–Kier alpha value is -1.13. The number of hydrogen-bond acceptors (Lipinski definition) is 3. The second-order valence-electron chi connectivity index (χ2n) is 5.32. The predicted octanol–water partition coefficient (Wildman–Crippen LogP) is 2.74. The minimum atomic E-state index is -0.0320. The molecule has 0 aliphatic carbocycles. The molecule has 3 rings (SSSR count). The summed E-state index contributed by atoms with van der Waals surface area (Å²) < 4.78 is 8.00. The summed E-state index contributed by atoms with van der Waals surface area (Å²) in [5.74, 6) is 1.61. The van der Waals surface area contributed by atoms with Gasteiger partial charge in [-0.3, -0.25) is 4.98 Å². The van der Waals surface area contributed by atoms with Crippen molar-refractivity contribution < 1.29 is 4.74 Å². The Bertz CT molecular complexity index is 575. The van der Waals surface area contributed by atoms with Gasteiger partial charge in [0.1, 0.15) is 11.3 Å². The molecule has 0 amide bonds. The van der Waals surface area contributed by atoms with Crippen LogP contribution < -0.4 is 0 Å². The maximum absolute atomic E-state index is 5.92. The number of hydrogen-bond donors (Lipinski definition) is 0. The first-order valence-corrected chi connectivity index (χ1v) is 7.23. The van der Waals surface area contributed by atoms with Gasteiger partial charge in [0, 0.05) is 25.1 Å². The molecule has 2 aromatic heterocycles. The van der Waals surface area contributed by atoms with Crippen molar-refractivity contribution in [2.75, 3.05) is 19.1 Å². The lowest BCUT2D eigenvalue weighted by molar-refractivity contribution is 0.0102. The van der Waals surface area contributed by atoms with Gasteiger partial charge in [-0.1, -0.05) is 0 Å². The number of rotatable bonds is 3. The maximum atomic E-state index is 5.92. The molecule has 4 nitrogen and oxygen atoms in total. The van der Waals surface area contributed by atoms with Crippen LogP contribution >= 0.6 is 11.6 Å². The zero-order valence-corrected chi connectivity index (χ0v) is 11.9. The number of nitrogens with zero attached hydrogens (tertiary/aromatic N) is 3. The highest BCUT2D eigenvalue weighted by atomic mass is 35.5. The van der Waals surface area contributed by atoms with Crippen molar-refractivity contribution in [1.29, 1.82) is 0 Å². The van der Waals surface area contributed by atoms with Crippen molar-refractivity contribution in [1.82, 2.24) is 14.5 Å². The van der Waals surface area contributed by atoms with Crippen molar-refractivity contribution in [3.05, 3.63) is 24.3 Å². The fraction of sp³-hybridized carbons (Fsp3) is 0.571. The Morgan fingerprint density at radius 2 is 2.42 bits per heavy atom. The summed E-state index contributed by atoms with van der Waals surface area (Å²) in [5, 5.41) is 0. The van der Waals surface area contributed by atoms with E-state index in [1.54, 1.807) is 0 Å². The molecule has 0 aromatic carbocycles. The molecule has 0 spiro atoms. The number of halogens is 1. The SMILES string of the molecule is CC1(n2c(CCCl)nc3cnccc32)CCCOC1. The Balaban J connectivity index is 2.16. The van der Waals surface area contributed by atoms with Crippen LogP contribution in [0.25, 0.3) is 11.0 Å². The molecular formula is C14H18ClN3O. The van der Waals surface area contributed by atoms with Gasteiger partial charge < -0.3 is 9.30 Å². The van der Waals surface area contributed by atoms with Gasteiger partial charge >= 0.3 is 0 Å². The van der Waals surface area contributed by atoms with Crippen LogP contribution in [0.1, 0.15) is 25.6 Å². The molecule has 5 heteroatoms. The standard InChI is InChI=1S/C14H18ClN3O/c1-14(5-2-8-19-10-14)18-12-4-7-16-9-11(12)17-13(18)3-6-15/h4,7,9H,2-3,5-6,8,10H2,1H3. The first-order chi connectivity index (χ1) is 9.24. The van der Waals surface area contributed by atoms with Crippen LogP contribution in [0.2, 0.25) is 0 Å². The van der Waals surface area contributed by atoms with Gasteiger partial charge in [0.15, 0.2) is 0 Å². The maximum Gasteiger partial charge on any atom is 0.111 e. The van der Waals surface area contributed by atoms with E-state index in [2.05, 4.69) is 21.5 Å². The number of alkyl halides is 1. The average Bonchev–Trinajstić information content (AvgIpc) is 2.78. The summed E-state index contributed by atoms with van der Waals surface area (Å²) in [6.07, 6.45) is 6.60. The van der Waals surface area contributed by atoms with Crippen molar-refractivity contribution in [2.24, 2.45) is 0 Å². The highest BCUT2D eigenvalue weighted by Gasteiger charge is 2.33. The quantitative estimate of drug-likeness (QED) is 0.811. The van der Waals surface area contributed by atoms with Gasteiger partial charge in [0.05, 0.1) is 23.9 Å². The van der Waals surface area contributed by atoms with Crippen LogP contribution in [-0.4, -0.2) is 33.6 Å². The van der Waals surface area contributed by atoms with E-state index in [0.29, 0.717) is 5.88 Å². The van der Waals surface area contributed by atoms with E-state index in [-0.39, 0.29) is 5.54 Å².